The highest BCUT2D eigenvalue weighted by molar-refractivity contribution is 5.72. The van der Waals surface area contributed by atoms with E-state index in [4.69, 9.17) is 4.42 Å². The van der Waals surface area contributed by atoms with Crippen molar-refractivity contribution in [3.05, 3.63) is 58.3 Å². The van der Waals surface area contributed by atoms with E-state index in [-0.39, 0.29) is 11.2 Å². The number of fused-ring (bicyclic) bond motifs is 1. The van der Waals surface area contributed by atoms with Crippen LogP contribution in [0, 0.1) is 6.92 Å². The molecule has 5 heteroatoms. The van der Waals surface area contributed by atoms with Crippen molar-refractivity contribution in [1.29, 1.82) is 0 Å². The molecule has 0 bridgehead atoms. The van der Waals surface area contributed by atoms with Crippen LogP contribution in [0.5, 0.6) is 5.75 Å². The van der Waals surface area contributed by atoms with Crippen LogP contribution in [0.25, 0.3) is 11.1 Å². The summed E-state index contributed by atoms with van der Waals surface area (Å²) in [5, 5.41) is 9.62. The molecule has 96 valence electrons. The number of hydrogen-bond acceptors (Lipinski definition) is 4. The topological polar surface area (TPSA) is 68.3 Å². The molecule has 1 aromatic carbocycles. The summed E-state index contributed by atoms with van der Waals surface area (Å²) in [5.41, 5.74) is 1.63. The summed E-state index contributed by atoms with van der Waals surface area (Å²) >= 11 is 0. The van der Waals surface area contributed by atoms with E-state index in [9.17, 15) is 9.90 Å². The first-order valence-corrected chi connectivity index (χ1v) is 5.88. The fourth-order valence-corrected chi connectivity index (χ4v) is 1.97. The first kappa shape index (κ1) is 11.5. The Kier molecular flexibility index (Phi) is 2.59. The molecule has 0 spiro atoms. The Labute approximate surface area is 108 Å². The lowest BCUT2D eigenvalue weighted by atomic mass is 10.3. The van der Waals surface area contributed by atoms with Crippen LogP contribution in [0.15, 0.2) is 45.7 Å². The highest BCUT2D eigenvalue weighted by Gasteiger charge is 2.09. The molecule has 0 aliphatic carbocycles. The molecular formula is C14H12N2O3. The second-order valence-electron chi connectivity index (χ2n) is 4.32. The number of aromatic hydroxyl groups is 1. The van der Waals surface area contributed by atoms with Crippen LogP contribution < -0.4 is 5.43 Å². The van der Waals surface area contributed by atoms with E-state index in [1.54, 1.807) is 17.7 Å². The minimum Gasteiger partial charge on any atom is -0.503 e. The molecule has 3 rings (SSSR count). The Morgan fingerprint density at radius 1 is 1.32 bits per heavy atom. The van der Waals surface area contributed by atoms with E-state index < -0.39 is 0 Å². The van der Waals surface area contributed by atoms with Crippen molar-refractivity contribution in [3.63, 3.8) is 0 Å². The van der Waals surface area contributed by atoms with Crippen LogP contribution >= 0.6 is 0 Å². The predicted molar refractivity (Wildman–Crippen MR) is 70.2 cm³/mol. The van der Waals surface area contributed by atoms with E-state index in [1.807, 2.05) is 24.3 Å². The third kappa shape index (κ3) is 1.99. The van der Waals surface area contributed by atoms with Gasteiger partial charge in [0.05, 0.1) is 12.2 Å². The normalized spacial score (nSPS) is 11.0. The maximum atomic E-state index is 11.3. The molecule has 0 radical (unpaired) electrons. The molecule has 0 unspecified atom stereocenters. The van der Waals surface area contributed by atoms with E-state index >= 15 is 0 Å². The highest BCUT2D eigenvalue weighted by atomic mass is 16.3. The molecule has 2 aromatic heterocycles. The highest BCUT2D eigenvalue weighted by Crippen LogP contribution is 2.17. The van der Waals surface area contributed by atoms with Gasteiger partial charge in [0.1, 0.15) is 5.52 Å². The van der Waals surface area contributed by atoms with Gasteiger partial charge >= 0.3 is 0 Å². The zero-order chi connectivity index (χ0) is 13.4. The van der Waals surface area contributed by atoms with Crippen molar-refractivity contribution in [3.8, 4) is 5.75 Å². The molecule has 1 N–H and O–H groups in total. The van der Waals surface area contributed by atoms with Crippen molar-refractivity contribution in [2.45, 2.75) is 13.5 Å². The van der Waals surface area contributed by atoms with Gasteiger partial charge in [0.15, 0.2) is 11.3 Å². The van der Waals surface area contributed by atoms with Gasteiger partial charge in [-0.25, -0.2) is 4.98 Å². The van der Waals surface area contributed by atoms with Crippen LogP contribution in [-0.2, 0) is 6.54 Å². The summed E-state index contributed by atoms with van der Waals surface area (Å²) in [6.45, 7) is 2.05. The van der Waals surface area contributed by atoms with Gasteiger partial charge in [0.2, 0.25) is 11.3 Å². The Hall–Kier alpha value is -2.56. The van der Waals surface area contributed by atoms with Crippen LogP contribution in [0.4, 0.5) is 0 Å². The number of aromatic nitrogens is 2. The lowest BCUT2D eigenvalue weighted by Gasteiger charge is -2.08. The van der Waals surface area contributed by atoms with Gasteiger partial charge in [0, 0.05) is 12.3 Å². The minimum absolute atomic E-state index is 0.237. The zero-order valence-corrected chi connectivity index (χ0v) is 10.3. The first-order valence-electron chi connectivity index (χ1n) is 5.88. The zero-order valence-electron chi connectivity index (χ0n) is 10.3. The molecule has 0 saturated heterocycles. The van der Waals surface area contributed by atoms with Gasteiger partial charge in [-0.2, -0.15) is 0 Å². The lowest BCUT2D eigenvalue weighted by Crippen LogP contribution is -2.10. The first-order chi connectivity index (χ1) is 9.15. The molecule has 0 atom stereocenters. The van der Waals surface area contributed by atoms with Gasteiger partial charge in [-0.3, -0.25) is 4.79 Å². The van der Waals surface area contributed by atoms with Crippen LogP contribution in [0.2, 0.25) is 0 Å². The molecule has 19 heavy (non-hydrogen) atoms. The van der Waals surface area contributed by atoms with E-state index in [1.165, 1.54) is 6.07 Å². The molecule has 0 aliphatic heterocycles. The Morgan fingerprint density at radius 2 is 2.11 bits per heavy atom. The van der Waals surface area contributed by atoms with Crippen LogP contribution in [0.3, 0.4) is 0 Å². The van der Waals surface area contributed by atoms with E-state index in [2.05, 4.69) is 4.98 Å². The number of pyridine rings is 1. The summed E-state index contributed by atoms with van der Waals surface area (Å²) in [5.74, 6) is 0.297. The standard InChI is InChI=1S/C14H12N2O3/c1-9-14(18)11(17)6-7-16(9)8-13-15-10-4-2-3-5-12(10)19-13/h2-7,18H,8H2,1H3. The van der Waals surface area contributed by atoms with E-state index in [0.717, 1.165) is 11.1 Å². The van der Waals surface area contributed by atoms with Crippen molar-refractivity contribution < 1.29 is 9.52 Å². The third-order valence-electron chi connectivity index (χ3n) is 3.06. The Morgan fingerprint density at radius 3 is 2.89 bits per heavy atom. The summed E-state index contributed by atoms with van der Waals surface area (Å²) in [6, 6.07) is 8.82. The van der Waals surface area contributed by atoms with Gasteiger partial charge in [-0.1, -0.05) is 12.1 Å². The molecule has 0 fully saturated rings. The smallest absolute Gasteiger partial charge is 0.223 e. The summed E-state index contributed by atoms with van der Waals surface area (Å²) in [7, 11) is 0. The van der Waals surface area contributed by atoms with Crippen molar-refractivity contribution in [2.24, 2.45) is 0 Å². The van der Waals surface area contributed by atoms with Crippen LogP contribution in [-0.4, -0.2) is 14.7 Å². The van der Waals surface area contributed by atoms with Crippen molar-refractivity contribution in [2.75, 3.05) is 0 Å². The van der Waals surface area contributed by atoms with Crippen molar-refractivity contribution >= 4 is 11.1 Å². The monoisotopic (exact) mass is 256 g/mol. The summed E-state index contributed by atoms with van der Waals surface area (Å²) < 4.78 is 7.33. The van der Waals surface area contributed by atoms with Gasteiger partial charge in [-0.05, 0) is 19.1 Å². The third-order valence-corrected chi connectivity index (χ3v) is 3.06. The van der Waals surface area contributed by atoms with Gasteiger partial charge < -0.3 is 14.1 Å². The number of benzene rings is 1. The Balaban J connectivity index is 2.01. The molecular weight excluding hydrogens is 244 g/mol. The minimum atomic E-state index is -0.383. The molecule has 0 aliphatic rings. The number of rotatable bonds is 2. The van der Waals surface area contributed by atoms with Gasteiger partial charge in [-0.15, -0.1) is 0 Å². The number of para-hydroxylation sites is 2. The molecule has 0 saturated carbocycles. The molecule has 0 amide bonds. The largest absolute Gasteiger partial charge is 0.503 e. The second kappa shape index (κ2) is 4.28. The SMILES string of the molecule is Cc1c(O)c(=O)ccn1Cc1nc2ccccc2o1. The van der Waals surface area contributed by atoms with Crippen molar-refractivity contribution in [1.82, 2.24) is 9.55 Å². The maximum absolute atomic E-state index is 11.3. The average Bonchev–Trinajstić information content (AvgIpc) is 2.82. The summed E-state index contributed by atoms with van der Waals surface area (Å²) in [6.07, 6.45) is 1.62. The maximum Gasteiger partial charge on any atom is 0.223 e. The molecule has 3 aromatic rings. The van der Waals surface area contributed by atoms with Crippen LogP contribution in [0.1, 0.15) is 11.6 Å². The Bertz CT molecular complexity index is 769. The number of hydrogen-bond donors (Lipinski definition) is 1. The lowest BCUT2D eigenvalue weighted by molar-refractivity contribution is 0.448. The van der Waals surface area contributed by atoms with E-state index in [0.29, 0.717) is 18.1 Å². The quantitative estimate of drug-likeness (QED) is 0.762. The fourth-order valence-electron chi connectivity index (χ4n) is 1.97. The summed E-state index contributed by atoms with van der Waals surface area (Å²) in [4.78, 5) is 15.6. The van der Waals surface area contributed by atoms with Gasteiger partial charge in [0.25, 0.3) is 0 Å². The second-order valence-corrected chi connectivity index (χ2v) is 4.32. The fraction of sp³-hybridized carbons (Fsp3) is 0.143. The molecule has 5 nitrogen and oxygen atoms in total. The number of nitrogens with zero attached hydrogens (tertiary/aromatic N) is 2. The average molecular weight is 256 g/mol. The predicted octanol–water partition coefficient (Wildman–Crippen LogP) is 2.05. The number of oxazole rings is 1. The molecule has 2 heterocycles.